The van der Waals surface area contributed by atoms with E-state index in [1.54, 1.807) is 0 Å². The Labute approximate surface area is 116 Å². The first-order chi connectivity index (χ1) is 9.29. The van der Waals surface area contributed by atoms with Crippen LogP contribution in [0.2, 0.25) is 0 Å². The summed E-state index contributed by atoms with van der Waals surface area (Å²) in [5, 5.41) is 6.18. The molecule has 0 spiro atoms. The van der Waals surface area contributed by atoms with Crippen molar-refractivity contribution in [3.05, 3.63) is 0 Å². The zero-order chi connectivity index (χ0) is 13.5. The minimum atomic E-state index is -0.296. The van der Waals surface area contributed by atoms with Gasteiger partial charge < -0.3 is 20.3 Å². The lowest BCUT2D eigenvalue weighted by Gasteiger charge is -2.31. The monoisotopic (exact) mass is 269 g/mol. The SMILES string of the molecule is CCN1CCC(CCNC(=O)C2CNCCO2)CC1. The molecule has 2 N–H and O–H groups in total. The van der Waals surface area contributed by atoms with Crippen LogP contribution in [-0.4, -0.2) is 62.8 Å². The number of hydrogen-bond acceptors (Lipinski definition) is 4. The molecule has 2 rings (SSSR count). The second kappa shape index (κ2) is 7.82. The van der Waals surface area contributed by atoms with Gasteiger partial charge in [0.05, 0.1) is 6.61 Å². The Kier molecular flexibility index (Phi) is 6.07. The summed E-state index contributed by atoms with van der Waals surface area (Å²) >= 11 is 0. The maximum absolute atomic E-state index is 11.9. The van der Waals surface area contributed by atoms with Crippen molar-refractivity contribution < 1.29 is 9.53 Å². The van der Waals surface area contributed by atoms with Crippen molar-refractivity contribution in [2.75, 3.05) is 45.9 Å². The summed E-state index contributed by atoms with van der Waals surface area (Å²) < 4.78 is 5.43. The lowest BCUT2D eigenvalue weighted by molar-refractivity contribution is -0.134. The number of hydrogen-bond donors (Lipinski definition) is 2. The van der Waals surface area contributed by atoms with Gasteiger partial charge in [0.15, 0.2) is 0 Å². The van der Waals surface area contributed by atoms with Crippen LogP contribution in [0, 0.1) is 5.92 Å². The molecule has 1 atom stereocenters. The highest BCUT2D eigenvalue weighted by atomic mass is 16.5. The van der Waals surface area contributed by atoms with Crippen LogP contribution in [0.1, 0.15) is 26.2 Å². The summed E-state index contributed by atoms with van der Waals surface area (Å²) in [6, 6.07) is 0. The summed E-state index contributed by atoms with van der Waals surface area (Å²) in [6.07, 6.45) is 3.34. The fourth-order valence-electron chi connectivity index (χ4n) is 2.84. The molecule has 0 bridgehead atoms. The molecule has 5 heteroatoms. The van der Waals surface area contributed by atoms with Crippen LogP contribution in [-0.2, 0) is 9.53 Å². The van der Waals surface area contributed by atoms with Gasteiger partial charge in [0.2, 0.25) is 5.91 Å². The average Bonchev–Trinajstić information content (AvgIpc) is 2.49. The van der Waals surface area contributed by atoms with E-state index in [4.69, 9.17) is 4.74 Å². The Morgan fingerprint density at radius 1 is 1.42 bits per heavy atom. The van der Waals surface area contributed by atoms with Gasteiger partial charge in [-0.15, -0.1) is 0 Å². The molecular formula is C14H27N3O2. The van der Waals surface area contributed by atoms with E-state index in [9.17, 15) is 4.79 Å². The second-order valence-corrected chi connectivity index (χ2v) is 5.52. The van der Waals surface area contributed by atoms with Gasteiger partial charge in [0, 0.05) is 19.6 Å². The third kappa shape index (κ3) is 4.75. The van der Waals surface area contributed by atoms with Crippen molar-refractivity contribution in [2.24, 2.45) is 5.92 Å². The van der Waals surface area contributed by atoms with E-state index in [0.29, 0.717) is 13.2 Å². The average molecular weight is 269 g/mol. The van der Waals surface area contributed by atoms with Gasteiger partial charge in [0.25, 0.3) is 0 Å². The van der Waals surface area contributed by atoms with Crippen LogP contribution >= 0.6 is 0 Å². The first-order valence-corrected chi connectivity index (χ1v) is 7.62. The number of ether oxygens (including phenoxy) is 1. The number of carbonyl (C=O) groups is 1. The number of nitrogens with one attached hydrogen (secondary N) is 2. The summed E-state index contributed by atoms with van der Waals surface area (Å²) in [5.74, 6) is 0.812. The fraction of sp³-hybridized carbons (Fsp3) is 0.929. The van der Waals surface area contributed by atoms with E-state index in [-0.39, 0.29) is 12.0 Å². The summed E-state index contributed by atoms with van der Waals surface area (Å²) in [4.78, 5) is 14.4. The van der Waals surface area contributed by atoms with Gasteiger partial charge >= 0.3 is 0 Å². The van der Waals surface area contributed by atoms with E-state index >= 15 is 0 Å². The third-order valence-electron chi connectivity index (χ3n) is 4.23. The lowest BCUT2D eigenvalue weighted by atomic mass is 9.93. The highest BCUT2D eigenvalue weighted by Crippen LogP contribution is 2.19. The van der Waals surface area contributed by atoms with Crippen molar-refractivity contribution in [3.8, 4) is 0 Å². The van der Waals surface area contributed by atoms with E-state index in [1.807, 2.05) is 0 Å². The smallest absolute Gasteiger partial charge is 0.250 e. The zero-order valence-corrected chi connectivity index (χ0v) is 12.0. The normalized spacial score (nSPS) is 26.3. The molecule has 2 saturated heterocycles. The maximum Gasteiger partial charge on any atom is 0.250 e. The number of carbonyl (C=O) groups excluding carboxylic acids is 1. The van der Waals surface area contributed by atoms with Crippen LogP contribution < -0.4 is 10.6 Å². The number of morpholine rings is 1. The number of likely N-dealkylation sites (tertiary alicyclic amines) is 1. The third-order valence-corrected chi connectivity index (χ3v) is 4.23. The quantitative estimate of drug-likeness (QED) is 0.749. The number of rotatable bonds is 5. The predicted molar refractivity (Wildman–Crippen MR) is 75.1 cm³/mol. The minimum Gasteiger partial charge on any atom is -0.366 e. The molecule has 0 aromatic rings. The molecule has 19 heavy (non-hydrogen) atoms. The zero-order valence-electron chi connectivity index (χ0n) is 12.0. The van der Waals surface area contributed by atoms with Crippen molar-refractivity contribution >= 4 is 5.91 Å². The Bertz CT molecular complexity index is 272. The fourth-order valence-corrected chi connectivity index (χ4v) is 2.84. The molecule has 0 aromatic heterocycles. The van der Waals surface area contributed by atoms with Crippen molar-refractivity contribution in [2.45, 2.75) is 32.3 Å². The molecule has 5 nitrogen and oxygen atoms in total. The standard InChI is InChI=1S/C14H27N3O2/c1-2-17-8-4-12(5-9-17)3-6-16-14(18)13-11-15-7-10-19-13/h12-13,15H,2-11H2,1H3,(H,16,18). The number of piperidine rings is 1. The predicted octanol–water partition coefficient (Wildman–Crippen LogP) is 0.213. The molecular weight excluding hydrogens is 242 g/mol. The molecule has 110 valence electrons. The molecule has 2 fully saturated rings. The molecule has 1 amide bonds. The van der Waals surface area contributed by atoms with Crippen molar-refractivity contribution in [1.29, 1.82) is 0 Å². The first-order valence-electron chi connectivity index (χ1n) is 7.62. The maximum atomic E-state index is 11.9. The van der Waals surface area contributed by atoms with Gasteiger partial charge in [-0.25, -0.2) is 0 Å². The number of amides is 1. The molecule has 0 radical (unpaired) electrons. The Hall–Kier alpha value is -0.650. The van der Waals surface area contributed by atoms with Crippen LogP contribution in [0.4, 0.5) is 0 Å². The van der Waals surface area contributed by atoms with Gasteiger partial charge in [-0.1, -0.05) is 6.92 Å². The molecule has 2 aliphatic rings. The van der Waals surface area contributed by atoms with Gasteiger partial charge in [-0.05, 0) is 44.8 Å². The van der Waals surface area contributed by atoms with E-state index in [0.717, 1.165) is 32.0 Å². The molecule has 1 unspecified atom stereocenters. The van der Waals surface area contributed by atoms with Crippen molar-refractivity contribution in [1.82, 2.24) is 15.5 Å². The first kappa shape index (κ1) is 14.8. The summed E-state index contributed by atoms with van der Waals surface area (Å²) in [7, 11) is 0. The highest BCUT2D eigenvalue weighted by molar-refractivity contribution is 5.81. The van der Waals surface area contributed by atoms with Crippen molar-refractivity contribution in [3.63, 3.8) is 0 Å². The molecule has 0 aliphatic carbocycles. The largest absolute Gasteiger partial charge is 0.366 e. The van der Waals surface area contributed by atoms with Gasteiger partial charge in [0.1, 0.15) is 6.10 Å². The van der Waals surface area contributed by atoms with Crippen LogP contribution in [0.5, 0.6) is 0 Å². The van der Waals surface area contributed by atoms with E-state index in [1.165, 1.54) is 25.9 Å². The summed E-state index contributed by atoms with van der Waals surface area (Å²) in [5.41, 5.74) is 0. The van der Waals surface area contributed by atoms with Gasteiger partial charge in [-0.2, -0.15) is 0 Å². The lowest BCUT2D eigenvalue weighted by Crippen LogP contribution is -2.48. The second-order valence-electron chi connectivity index (χ2n) is 5.52. The Morgan fingerprint density at radius 2 is 2.21 bits per heavy atom. The molecule has 0 aromatic carbocycles. The Morgan fingerprint density at radius 3 is 2.84 bits per heavy atom. The van der Waals surface area contributed by atoms with E-state index in [2.05, 4.69) is 22.5 Å². The summed E-state index contributed by atoms with van der Waals surface area (Å²) in [6.45, 7) is 8.72. The Balaban J connectivity index is 1.57. The molecule has 2 heterocycles. The molecule has 0 saturated carbocycles. The van der Waals surface area contributed by atoms with Crippen LogP contribution in [0.3, 0.4) is 0 Å². The van der Waals surface area contributed by atoms with E-state index < -0.39 is 0 Å². The molecule has 2 aliphatic heterocycles. The highest BCUT2D eigenvalue weighted by Gasteiger charge is 2.22. The van der Waals surface area contributed by atoms with Crippen LogP contribution in [0.25, 0.3) is 0 Å². The topological polar surface area (TPSA) is 53.6 Å². The van der Waals surface area contributed by atoms with Gasteiger partial charge in [-0.3, -0.25) is 4.79 Å². The number of nitrogens with zero attached hydrogens (tertiary/aromatic N) is 1. The van der Waals surface area contributed by atoms with Crippen LogP contribution in [0.15, 0.2) is 0 Å². The minimum absolute atomic E-state index is 0.0400.